The van der Waals surface area contributed by atoms with Crippen molar-refractivity contribution in [3.63, 3.8) is 0 Å². The van der Waals surface area contributed by atoms with Gasteiger partial charge in [-0.05, 0) is 48.5 Å². The van der Waals surface area contributed by atoms with Crippen molar-refractivity contribution < 1.29 is 30.8 Å². The summed E-state index contributed by atoms with van der Waals surface area (Å²) in [5.74, 6) is -2.74. The molecule has 0 heterocycles. The van der Waals surface area contributed by atoms with Crippen LogP contribution in [0.4, 0.5) is 28.9 Å². The number of alkyl halides is 3. The molecule has 2 aromatic rings. The van der Waals surface area contributed by atoms with Crippen molar-refractivity contribution in [3.8, 4) is 0 Å². The second-order valence-corrected chi connectivity index (χ2v) is 6.27. The number of amides is 1. The van der Waals surface area contributed by atoms with Gasteiger partial charge in [-0.1, -0.05) is 0 Å². The van der Waals surface area contributed by atoms with Crippen LogP contribution in [0, 0.1) is 5.82 Å². The first-order valence-corrected chi connectivity index (χ1v) is 7.83. The Labute approximate surface area is 134 Å². The van der Waals surface area contributed by atoms with Crippen LogP contribution in [-0.4, -0.2) is 20.5 Å². The molecule has 0 saturated heterocycles. The van der Waals surface area contributed by atoms with Crippen molar-refractivity contribution in [1.82, 2.24) is 0 Å². The Hall–Kier alpha value is -2.62. The monoisotopic (exact) mass is 362 g/mol. The fraction of sp³-hybridized carbons (Fsp3) is 0.0714. The van der Waals surface area contributed by atoms with E-state index in [4.69, 9.17) is 0 Å². The average molecular weight is 362 g/mol. The average Bonchev–Trinajstić information content (AvgIpc) is 2.48. The molecule has 0 spiro atoms. The predicted molar refractivity (Wildman–Crippen MR) is 78.3 cm³/mol. The molecular weight excluding hydrogens is 352 g/mol. The number of benzene rings is 2. The first-order valence-electron chi connectivity index (χ1n) is 6.34. The van der Waals surface area contributed by atoms with Gasteiger partial charge in [0.15, 0.2) is 0 Å². The summed E-state index contributed by atoms with van der Waals surface area (Å²) in [5, 5.41) is 1.63. The molecule has 2 N–H and O–H groups in total. The van der Waals surface area contributed by atoms with E-state index in [0.717, 1.165) is 36.4 Å². The quantitative estimate of drug-likeness (QED) is 0.821. The molecule has 0 aliphatic heterocycles. The van der Waals surface area contributed by atoms with Crippen LogP contribution < -0.4 is 10.0 Å². The van der Waals surface area contributed by atoms with Gasteiger partial charge in [0.25, 0.3) is 10.0 Å². The van der Waals surface area contributed by atoms with E-state index in [0.29, 0.717) is 0 Å². The molecule has 0 atom stereocenters. The second kappa shape index (κ2) is 6.48. The molecule has 0 radical (unpaired) electrons. The first-order chi connectivity index (χ1) is 11.1. The van der Waals surface area contributed by atoms with Crippen molar-refractivity contribution >= 4 is 27.3 Å². The van der Waals surface area contributed by atoms with Gasteiger partial charge in [-0.3, -0.25) is 9.52 Å². The molecule has 0 bridgehead atoms. The molecule has 0 aliphatic carbocycles. The molecule has 0 aliphatic rings. The van der Waals surface area contributed by atoms with Crippen LogP contribution in [0.25, 0.3) is 0 Å². The highest BCUT2D eigenvalue weighted by molar-refractivity contribution is 7.92. The fourth-order valence-electron chi connectivity index (χ4n) is 1.65. The van der Waals surface area contributed by atoms with Crippen molar-refractivity contribution in [3.05, 3.63) is 54.3 Å². The normalized spacial score (nSPS) is 11.8. The summed E-state index contributed by atoms with van der Waals surface area (Å²) in [6, 6.07) is 8.64. The third-order valence-corrected chi connectivity index (χ3v) is 4.17. The van der Waals surface area contributed by atoms with E-state index in [2.05, 4.69) is 4.72 Å². The van der Waals surface area contributed by atoms with Gasteiger partial charge in [-0.25, -0.2) is 12.8 Å². The van der Waals surface area contributed by atoms with Crippen LogP contribution in [0.2, 0.25) is 0 Å². The Kier molecular flexibility index (Phi) is 4.78. The highest BCUT2D eigenvalue weighted by atomic mass is 32.2. The number of sulfonamides is 1. The summed E-state index contributed by atoms with van der Waals surface area (Å²) in [6.45, 7) is 0. The molecular formula is C14H10F4N2O3S. The SMILES string of the molecule is O=C(Nc1ccc(NS(=O)(=O)c2ccc(F)cc2)cc1)C(F)(F)F. The number of nitrogens with one attached hydrogen (secondary N) is 2. The van der Waals surface area contributed by atoms with Crippen LogP contribution in [0.3, 0.4) is 0 Å². The van der Waals surface area contributed by atoms with Crippen LogP contribution in [-0.2, 0) is 14.8 Å². The minimum Gasteiger partial charge on any atom is -0.318 e. The summed E-state index contributed by atoms with van der Waals surface area (Å²) in [5.41, 5.74) is -0.0913. The summed E-state index contributed by atoms with van der Waals surface area (Å²) < 4.78 is 75.5. The van der Waals surface area contributed by atoms with E-state index in [1.54, 1.807) is 5.32 Å². The van der Waals surface area contributed by atoms with Crippen LogP contribution >= 0.6 is 0 Å². The van der Waals surface area contributed by atoms with Gasteiger partial charge in [0, 0.05) is 11.4 Å². The molecule has 24 heavy (non-hydrogen) atoms. The van der Waals surface area contributed by atoms with Crippen LogP contribution in [0.15, 0.2) is 53.4 Å². The standard InChI is InChI=1S/C14H10F4N2O3S/c15-9-1-7-12(8-2-9)24(22,23)20-11-5-3-10(4-6-11)19-13(21)14(16,17)18/h1-8,20H,(H,19,21). The molecule has 0 unspecified atom stereocenters. The zero-order valence-electron chi connectivity index (χ0n) is 11.8. The lowest BCUT2D eigenvalue weighted by Gasteiger charge is -2.10. The topological polar surface area (TPSA) is 75.3 Å². The Morgan fingerprint density at radius 3 is 1.88 bits per heavy atom. The molecule has 0 fully saturated rings. The van der Waals surface area contributed by atoms with Gasteiger partial charge in [-0.15, -0.1) is 0 Å². The van der Waals surface area contributed by atoms with E-state index in [9.17, 15) is 30.8 Å². The maximum absolute atomic E-state index is 12.8. The zero-order valence-corrected chi connectivity index (χ0v) is 12.6. The third-order valence-electron chi connectivity index (χ3n) is 2.78. The first kappa shape index (κ1) is 17.7. The fourth-order valence-corrected chi connectivity index (χ4v) is 2.71. The van der Waals surface area contributed by atoms with E-state index < -0.39 is 27.9 Å². The summed E-state index contributed by atoms with van der Waals surface area (Å²) in [4.78, 5) is 10.6. The van der Waals surface area contributed by atoms with Gasteiger partial charge in [0.2, 0.25) is 0 Å². The minimum absolute atomic E-state index is 0.0596. The number of anilines is 2. The number of carbonyl (C=O) groups excluding carboxylic acids is 1. The van der Waals surface area contributed by atoms with Gasteiger partial charge < -0.3 is 5.32 Å². The third kappa shape index (κ3) is 4.44. The zero-order chi connectivity index (χ0) is 18.0. The lowest BCUT2D eigenvalue weighted by Crippen LogP contribution is -2.29. The second-order valence-electron chi connectivity index (χ2n) is 4.59. The van der Waals surface area contributed by atoms with Gasteiger partial charge in [-0.2, -0.15) is 13.2 Å². The van der Waals surface area contributed by atoms with Crippen molar-refractivity contribution in [2.75, 3.05) is 10.0 Å². The maximum atomic E-state index is 12.8. The van der Waals surface area contributed by atoms with E-state index in [-0.39, 0.29) is 16.3 Å². The lowest BCUT2D eigenvalue weighted by molar-refractivity contribution is -0.167. The Morgan fingerprint density at radius 2 is 1.38 bits per heavy atom. The van der Waals surface area contributed by atoms with Crippen LogP contribution in [0.1, 0.15) is 0 Å². The van der Waals surface area contributed by atoms with E-state index in [1.807, 2.05) is 0 Å². The number of hydrogen-bond acceptors (Lipinski definition) is 3. The summed E-state index contributed by atoms with van der Waals surface area (Å²) in [6.07, 6.45) is -5.02. The predicted octanol–water partition coefficient (Wildman–Crippen LogP) is 3.13. The Morgan fingerprint density at radius 1 is 0.875 bits per heavy atom. The smallest absolute Gasteiger partial charge is 0.318 e. The molecule has 5 nitrogen and oxygen atoms in total. The largest absolute Gasteiger partial charge is 0.471 e. The number of carbonyl (C=O) groups is 1. The van der Waals surface area contributed by atoms with Gasteiger partial charge in [0.1, 0.15) is 5.82 Å². The van der Waals surface area contributed by atoms with Crippen molar-refractivity contribution in [2.24, 2.45) is 0 Å². The molecule has 128 valence electrons. The minimum atomic E-state index is -5.02. The summed E-state index contributed by atoms with van der Waals surface area (Å²) in [7, 11) is -3.97. The molecule has 1 amide bonds. The molecule has 2 rings (SSSR count). The molecule has 2 aromatic carbocycles. The van der Waals surface area contributed by atoms with Crippen molar-refractivity contribution in [2.45, 2.75) is 11.1 Å². The van der Waals surface area contributed by atoms with Crippen LogP contribution in [0.5, 0.6) is 0 Å². The van der Waals surface area contributed by atoms with Gasteiger partial charge in [0.05, 0.1) is 4.90 Å². The van der Waals surface area contributed by atoms with Crippen molar-refractivity contribution in [1.29, 1.82) is 0 Å². The van der Waals surface area contributed by atoms with E-state index in [1.165, 1.54) is 12.1 Å². The van der Waals surface area contributed by atoms with Gasteiger partial charge >= 0.3 is 12.1 Å². The number of halogens is 4. The van der Waals surface area contributed by atoms with E-state index >= 15 is 0 Å². The molecule has 0 aromatic heterocycles. The molecule has 10 heteroatoms. The lowest BCUT2D eigenvalue weighted by atomic mass is 10.3. The Balaban J connectivity index is 2.11. The highest BCUT2D eigenvalue weighted by Crippen LogP contribution is 2.21. The number of hydrogen-bond donors (Lipinski definition) is 2. The summed E-state index contributed by atoms with van der Waals surface area (Å²) >= 11 is 0. The maximum Gasteiger partial charge on any atom is 0.471 e. The molecule has 0 saturated carbocycles. The highest BCUT2D eigenvalue weighted by Gasteiger charge is 2.38. The Bertz CT molecular complexity index is 832. The number of rotatable bonds is 4.